The smallest absolute Gasteiger partial charge is 0.227 e. The Morgan fingerprint density at radius 2 is 1.25 bits per heavy atom. The molecule has 0 amide bonds. The van der Waals surface area contributed by atoms with Crippen LogP contribution in [0.25, 0.3) is 0 Å². The summed E-state index contributed by atoms with van der Waals surface area (Å²) in [5.41, 5.74) is 0.525. The molecule has 46 valence electrons. The van der Waals surface area contributed by atoms with E-state index in [1.165, 1.54) is 0 Å². The van der Waals surface area contributed by atoms with Gasteiger partial charge in [-0.1, -0.05) is 13.8 Å². The van der Waals surface area contributed by atoms with Crippen molar-refractivity contribution in [2.45, 2.75) is 24.9 Å². The Labute approximate surface area is 54.8 Å². The van der Waals surface area contributed by atoms with E-state index >= 15 is 0 Å². The molecule has 0 rings (SSSR count). The number of hydrogen-bond donors (Lipinski definition) is 2. The van der Waals surface area contributed by atoms with Crippen LogP contribution in [0.5, 0.6) is 0 Å². The summed E-state index contributed by atoms with van der Waals surface area (Å²) < 4.78 is 0. The van der Waals surface area contributed by atoms with E-state index in [1.807, 2.05) is 13.8 Å². The maximum Gasteiger partial charge on any atom is 0.227 e. The van der Waals surface area contributed by atoms with Crippen molar-refractivity contribution in [1.82, 2.24) is 0 Å². The molecule has 0 saturated heterocycles. The molecule has 4 heteroatoms. The van der Waals surface area contributed by atoms with Crippen molar-refractivity contribution in [3.63, 3.8) is 0 Å². The fraction of sp³-hybridized carbons (Fsp3) is 1.00. The van der Waals surface area contributed by atoms with Crippen molar-refractivity contribution in [3.8, 4) is 0 Å². The summed E-state index contributed by atoms with van der Waals surface area (Å²) in [4.78, 5) is 17.1. The van der Waals surface area contributed by atoms with Crippen molar-refractivity contribution in [3.05, 3.63) is 0 Å². The molecule has 0 heterocycles. The molecule has 0 aliphatic carbocycles. The second-order valence-electron chi connectivity index (χ2n) is 1.84. The highest BCUT2D eigenvalue weighted by Crippen LogP contribution is 2.18. The minimum absolute atomic E-state index is 0.0344. The zero-order valence-electron chi connectivity index (χ0n) is 5.05. The third kappa shape index (κ3) is 2.61. The molecule has 0 aromatic heterocycles. The van der Waals surface area contributed by atoms with Crippen LogP contribution in [-0.4, -0.2) is 29.1 Å². The molecule has 2 N–H and O–H groups in total. The standard InChI is InChI=1S/C4H10O2Si2/c1-3(7-5)4(2)8-6/h3-6H,1-2H3. The fourth-order valence-corrected chi connectivity index (χ4v) is 1.12. The van der Waals surface area contributed by atoms with Crippen LogP contribution in [0.2, 0.25) is 11.1 Å². The maximum absolute atomic E-state index is 8.56. The SMILES string of the molecule is CC([Si]O)C(C)[Si]O. The topological polar surface area (TPSA) is 40.5 Å². The van der Waals surface area contributed by atoms with Gasteiger partial charge in [0.25, 0.3) is 0 Å². The third-order valence-corrected chi connectivity index (χ3v) is 3.31. The van der Waals surface area contributed by atoms with Gasteiger partial charge in [0.15, 0.2) is 0 Å². The lowest BCUT2D eigenvalue weighted by molar-refractivity contribution is 0.548. The summed E-state index contributed by atoms with van der Waals surface area (Å²) in [7, 11) is -0.0687. The van der Waals surface area contributed by atoms with Crippen LogP contribution in [0.4, 0.5) is 0 Å². The molecule has 0 aliphatic heterocycles. The first-order valence-electron chi connectivity index (χ1n) is 2.51. The summed E-state index contributed by atoms with van der Waals surface area (Å²) >= 11 is 0. The molecule has 2 nitrogen and oxygen atoms in total. The first-order chi connectivity index (χ1) is 3.72. The van der Waals surface area contributed by atoms with Crippen molar-refractivity contribution in [2.75, 3.05) is 0 Å². The minimum Gasteiger partial charge on any atom is -0.431 e. The lowest BCUT2D eigenvalue weighted by atomic mass is 10.4. The molecule has 0 saturated carbocycles. The highest BCUT2D eigenvalue weighted by Gasteiger charge is 2.11. The van der Waals surface area contributed by atoms with E-state index in [2.05, 4.69) is 0 Å². The molecule has 4 radical (unpaired) electrons. The lowest BCUT2D eigenvalue weighted by Crippen LogP contribution is -2.09. The predicted molar refractivity (Wildman–Crippen MR) is 34.8 cm³/mol. The molecular formula is C4H10O2Si2. The van der Waals surface area contributed by atoms with E-state index in [4.69, 9.17) is 9.59 Å². The van der Waals surface area contributed by atoms with Gasteiger partial charge < -0.3 is 9.59 Å². The summed E-state index contributed by atoms with van der Waals surface area (Å²) in [6.07, 6.45) is 0. The van der Waals surface area contributed by atoms with Gasteiger partial charge in [0.1, 0.15) is 0 Å². The Hall–Kier alpha value is 0.354. The average Bonchev–Trinajstić information content (AvgIpc) is 1.84. The largest absolute Gasteiger partial charge is 0.431 e. The Kier molecular flexibility index (Phi) is 4.44. The highest BCUT2D eigenvalue weighted by molar-refractivity contribution is 6.35. The molecule has 0 aromatic rings. The Morgan fingerprint density at radius 1 is 1.00 bits per heavy atom. The molecule has 0 aliphatic rings. The molecule has 8 heavy (non-hydrogen) atoms. The number of rotatable bonds is 3. The molecule has 0 spiro atoms. The summed E-state index contributed by atoms with van der Waals surface area (Å²) in [6.45, 7) is 3.87. The lowest BCUT2D eigenvalue weighted by Gasteiger charge is -2.10. The molecule has 0 aromatic carbocycles. The van der Waals surface area contributed by atoms with Crippen LogP contribution in [0.1, 0.15) is 13.8 Å². The quantitative estimate of drug-likeness (QED) is 0.543. The first kappa shape index (κ1) is 8.35. The van der Waals surface area contributed by atoms with Gasteiger partial charge in [-0.3, -0.25) is 0 Å². The Morgan fingerprint density at radius 3 is 1.38 bits per heavy atom. The van der Waals surface area contributed by atoms with Gasteiger partial charge >= 0.3 is 0 Å². The van der Waals surface area contributed by atoms with Crippen molar-refractivity contribution in [1.29, 1.82) is 0 Å². The van der Waals surface area contributed by atoms with E-state index in [-0.39, 0.29) is 30.6 Å². The fourth-order valence-electron chi connectivity index (χ4n) is 0.224. The summed E-state index contributed by atoms with van der Waals surface area (Å²) in [5, 5.41) is 0. The second kappa shape index (κ2) is 4.25. The van der Waals surface area contributed by atoms with Gasteiger partial charge in [-0.05, 0) is 11.1 Å². The monoisotopic (exact) mass is 146 g/mol. The van der Waals surface area contributed by atoms with E-state index in [0.29, 0.717) is 0 Å². The highest BCUT2D eigenvalue weighted by atomic mass is 28.2. The van der Waals surface area contributed by atoms with Crippen LogP contribution >= 0.6 is 0 Å². The van der Waals surface area contributed by atoms with Crippen LogP contribution in [0.3, 0.4) is 0 Å². The molecule has 2 unspecified atom stereocenters. The van der Waals surface area contributed by atoms with Gasteiger partial charge in [-0.2, -0.15) is 0 Å². The molecule has 2 atom stereocenters. The summed E-state index contributed by atoms with van der Waals surface area (Å²) in [6, 6.07) is 0. The Bertz CT molecular complexity index is 52.0. The maximum atomic E-state index is 8.56. The average molecular weight is 146 g/mol. The van der Waals surface area contributed by atoms with Crippen LogP contribution < -0.4 is 0 Å². The van der Waals surface area contributed by atoms with Gasteiger partial charge in [-0.25, -0.2) is 0 Å². The van der Waals surface area contributed by atoms with E-state index in [9.17, 15) is 0 Å². The van der Waals surface area contributed by atoms with Gasteiger partial charge in [-0.15, -0.1) is 0 Å². The van der Waals surface area contributed by atoms with Gasteiger partial charge in [0.05, 0.1) is 0 Å². The van der Waals surface area contributed by atoms with Crippen molar-refractivity contribution < 1.29 is 9.59 Å². The van der Waals surface area contributed by atoms with Crippen molar-refractivity contribution in [2.24, 2.45) is 0 Å². The molecular weight excluding hydrogens is 136 g/mol. The second-order valence-corrected chi connectivity index (χ2v) is 4.17. The number of hydrogen-bond acceptors (Lipinski definition) is 2. The predicted octanol–water partition coefficient (Wildman–Crippen LogP) is -0.174. The Balaban J connectivity index is 3.29. The van der Waals surface area contributed by atoms with Gasteiger partial charge in [0, 0.05) is 0 Å². The van der Waals surface area contributed by atoms with Crippen LogP contribution in [0, 0.1) is 0 Å². The molecule has 0 bridgehead atoms. The van der Waals surface area contributed by atoms with Crippen molar-refractivity contribution >= 4 is 19.5 Å². The van der Waals surface area contributed by atoms with E-state index in [0.717, 1.165) is 0 Å². The third-order valence-electron chi connectivity index (χ3n) is 1.16. The summed E-state index contributed by atoms with van der Waals surface area (Å²) in [5.74, 6) is 0. The van der Waals surface area contributed by atoms with Crippen LogP contribution in [0.15, 0.2) is 0 Å². The van der Waals surface area contributed by atoms with E-state index < -0.39 is 0 Å². The van der Waals surface area contributed by atoms with E-state index in [1.54, 1.807) is 0 Å². The zero-order chi connectivity index (χ0) is 6.57. The van der Waals surface area contributed by atoms with Crippen LogP contribution in [-0.2, 0) is 0 Å². The normalized spacial score (nSPS) is 18.0. The molecule has 0 fully saturated rings. The first-order valence-corrected chi connectivity index (χ1v) is 4.56. The van der Waals surface area contributed by atoms with Gasteiger partial charge in [0.2, 0.25) is 19.5 Å². The minimum atomic E-state index is -0.0344. The zero-order valence-corrected chi connectivity index (χ0v) is 7.05.